The summed E-state index contributed by atoms with van der Waals surface area (Å²) in [6.07, 6.45) is 1.92. The van der Waals surface area contributed by atoms with Crippen molar-refractivity contribution in [3.05, 3.63) is 54.1 Å². The minimum Gasteiger partial charge on any atom is -0.457 e. The maximum Gasteiger partial charge on any atom is 0.322 e. The third-order valence-corrected chi connectivity index (χ3v) is 7.70. The molecule has 11 heteroatoms. The van der Waals surface area contributed by atoms with E-state index in [0.29, 0.717) is 42.9 Å². The molecule has 10 nitrogen and oxygen atoms in total. The van der Waals surface area contributed by atoms with Crippen LogP contribution in [0.2, 0.25) is 0 Å². The highest BCUT2D eigenvalue weighted by Gasteiger charge is 2.35. The van der Waals surface area contributed by atoms with Crippen LogP contribution in [0.1, 0.15) is 31.7 Å². The number of hydrogen-bond donors (Lipinski definition) is 3. The summed E-state index contributed by atoms with van der Waals surface area (Å²) in [5, 5.41) is 13.4. The van der Waals surface area contributed by atoms with Crippen molar-refractivity contribution in [2.75, 3.05) is 13.1 Å². The van der Waals surface area contributed by atoms with Crippen molar-refractivity contribution in [2.24, 2.45) is 11.7 Å². The van der Waals surface area contributed by atoms with Gasteiger partial charge in [-0.1, -0.05) is 0 Å². The predicted molar refractivity (Wildman–Crippen MR) is 124 cm³/mol. The average molecular weight is 486 g/mol. The third-order valence-electron chi connectivity index (χ3n) is 5.79. The fourth-order valence-corrected chi connectivity index (χ4v) is 5.40. The van der Waals surface area contributed by atoms with Gasteiger partial charge in [0.15, 0.2) is 0 Å². The monoisotopic (exact) mass is 485 g/mol. The number of amides is 3. The lowest BCUT2D eigenvalue weighted by Gasteiger charge is -2.34. The van der Waals surface area contributed by atoms with E-state index in [0.717, 1.165) is 0 Å². The molecule has 1 saturated heterocycles. The Morgan fingerprint density at radius 3 is 2.35 bits per heavy atom. The molecule has 0 saturated carbocycles. The summed E-state index contributed by atoms with van der Waals surface area (Å²) in [4.78, 5) is 22.3. The third kappa shape index (κ3) is 6.11. The number of ether oxygens (including phenoxy) is 1. The number of nitrogens with one attached hydrogen (secondary N) is 2. The van der Waals surface area contributed by atoms with E-state index in [4.69, 9.17) is 15.7 Å². The van der Waals surface area contributed by atoms with E-state index in [2.05, 4.69) is 5.32 Å². The van der Waals surface area contributed by atoms with E-state index in [-0.39, 0.29) is 23.8 Å². The normalized spacial score (nSPS) is 18.6. The van der Waals surface area contributed by atoms with Gasteiger partial charge in [-0.05, 0) is 80.6 Å². The van der Waals surface area contributed by atoms with Gasteiger partial charge in [0.1, 0.15) is 11.5 Å². The van der Waals surface area contributed by atoms with Crippen molar-refractivity contribution >= 4 is 22.5 Å². The highest BCUT2D eigenvalue weighted by molar-refractivity contribution is 7.89. The molecule has 0 aromatic heterocycles. The van der Waals surface area contributed by atoms with Gasteiger partial charge in [0, 0.05) is 13.1 Å². The van der Waals surface area contributed by atoms with Gasteiger partial charge >= 0.3 is 6.03 Å². The van der Waals surface area contributed by atoms with Gasteiger partial charge in [-0.3, -0.25) is 10.1 Å². The second kappa shape index (κ2) is 10.6. The highest BCUT2D eigenvalue weighted by Crippen LogP contribution is 2.29. The summed E-state index contributed by atoms with van der Waals surface area (Å²) in [6.45, 7) is 2.23. The molecule has 0 aliphatic carbocycles. The van der Waals surface area contributed by atoms with Crippen LogP contribution in [0, 0.1) is 17.2 Å². The summed E-state index contributed by atoms with van der Waals surface area (Å²) in [6, 6.07) is 14.1. The van der Waals surface area contributed by atoms with Crippen LogP contribution in [-0.2, 0) is 14.8 Å². The van der Waals surface area contributed by atoms with Gasteiger partial charge in [0.25, 0.3) is 0 Å². The van der Waals surface area contributed by atoms with Crippen molar-refractivity contribution in [3.63, 3.8) is 0 Å². The summed E-state index contributed by atoms with van der Waals surface area (Å²) < 4.78 is 33.5. The Bertz CT molecular complexity index is 1160. The zero-order valence-electron chi connectivity index (χ0n) is 18.7. The number of nitriles is 1. The van der Waals surface area contributed by atoms with Crippen molar-refractivity contribution in [3.8, 4) is 17.6 Å². The first-order valence-electron chi connectivity index (χ1n) is 10.7. The predicted octanol–water partition coefficient (Wildman–Crippen LogP) is 2.27. The van der Waals surface area contributed by atoms with Crippen molar-refractivity contribution in [1.82, 2.24) is 14.9 Å². The largest absolute Gasteiger partial charge is 0.457 e. The van der Waals surface area contributed by atoms with Gasteiger partial charge < -0.3 is 15.8 Å². The molecule has 4 N–H and O–H groups in total. The molecule has 3 rings (SSSR count). The van der Waals surface area contributed by atoms with Crippen LogP contribution >= 0.6 is 0 Å². The van der Waals surface area contributed by atoms with E-state index in [9.17, 15) is 18.0 Å². The Balaban J connectivity index is 1.65. The number of benzene rings is 2. The van der Waals surface area contributed by atoms with Gasteiger partial charge in [-0.15, -0.1) is 0 Å². The molecular weight excluding hydrogens is 458 g/mol. The minimum atomic E-state index is -3.73. The number of nitrogens with zero attached hydrogens (tertiary/aromatic N) is 2. The Hall–Kier alpha value is -3.46. The van der Waals surface area contributed by atoms with Crippen LogP contribution in [0.3, 0.4) is 0 Å². The van der Waals surface area contributed by atoms with Gasteiger partial charge in [-0.2, -0.15) is 9.57 Å². The van der Waals surface area contributed by atoms with E-state index in [1.807, 2.05) is 11.4 Å². The molecule has 2 aromatic carbocycles. The number of sulfonamides is 1. The van der Waals surface area contributed by atoms with Crippen LogP contribution in [0.25, 0.3) is 0 Å². The standard InChI is InChI=1S/C23H27N5O5S/c1-23(25,27-22(30)26-16-29)18-3-2-13-28(14-12-18)34(31,32)21-10-8-20(9-11-21)33-19-6-4-17(15-24)5-7-19/h4-11,16,18H,2-3,12-14,25H2,1H3,(H2,26,27,29,30). The smallest absolute Gasteiger partial charge is 0.322 e. The lowest BCUT2D eigenvalue weighted by molar-refractivity contribution is -0.108. The number of carbonyl (C=O) groups is 2. The second-order valence-electron chi connectivity index (χ2n) is 8.24. The summed E-state index contributed by atoms with van der Waals surface area (Å²) in [5.41, 5.74) is 5.69. The zero-order chi connectivity index (χ0) is 24.8. The maximum atomic E-state index is 13.2. The molecule has 3 amide bonds. The molecule has 1 aliphatic rings. The summed E-state index contributed by atoms with van der Waals surface area (Å²) in [7, 11) is -3.73. The molecule has 0 bridgehead atoms. The first kappa shape index (κ1) is 25.2. The number of imide groups is 1. The first-order chi connectivity index (χ1) is 16.2. The Labute approximate surface area is 198 Å². The molecule has 180 valence electrons. The van der Waals surface area contributed by atoms with Gasteiger partial charge in [0.2, 0.25) is 16.4 Å². The summed E-state index contributed by atoms with van der Waals surface area (Å²) >= 11 is 0. The van der Waals surface area contributed by atoms with Crippen LogP contribution < -0.4 is 21.1 Å². The number of urea groups is 1. The molecule has 0 radical (unpaired) electrons. The number of carbonyl (C=O) groups excluding carboxylic acids is 2. The molecular formula is C23H27N5O5S. The number of hydrogen-bond acceptors (Lipinski definition) is 7. The molecule has 1 fully saturated rings. The number of rotatable bonds is 7. The topological polar surface area (TPSA) is 155 Å². The molecule has 1 heterocycles. The molecule has 0 spiro atoms. The van der Waals surface area contributed by atoms with Crippen LogP contribution in [0.5, 0.6) is 11.5 Å². The van der Waals surface area contributed by atoms with E-state index in [1.165, 1.54) is 16.4 Å². The Morgan fingerprint density at radius 1 is 1.15 bits per heavy atom. The number of nitrogens with two attached hydrogens (primary N) is 1. The lowest BCUT2D eigenvalue weighted by Crippen LogP contribution is -2.60. The second-order valence-corrected chi connectivity index (χ2v) is 10.2. The zero-order valence-corrected chi connectivity index (χ0v) is 19.5. The van der Waals surface area contributed by atoms with E-state index < -0.39 is 21.7 Å². The fraction of sp³-hybridized carbons (Fsp3) is 0.348. The van der Waals surface area contributed by atoms with E-state index in [1.54, 1.807) is 43.3 Å². The summed E-state index contributed by atoms with van der Waals surface area (Å²) in [5.74, 6) is 0.833. The molecule has 34 heavy (non-hydrogen) atoms. The Kier molecular flexibility index (Phi) is 7.88. The van der Waals surface area contributed by atoms with Crippen LogP contribution in [0.4, 0.5) is 4.79 Å². The molecule has 1 aliphatic heterocycles. The van der Waals surface area contributed by atoms with Crippen LogP contribution in [-0.4, -0.2) is 43.9 Å². The van der Waals surface area contributed by atoms with Crippen molar-refractivity contribution in [2.45, 2.75) is 36.7 Å². The Morgan fingerprint density at radius 2 is 1.76 bits per heavy atom. The van der Waals surface area contributed by atoms with Crippen molar-refractivity contribution in [1.29, 1.82) is 5.26 Å². The molecule has 2 unspecified atom stereocenters. The minimum absolute atomic E-state index is 0.150. The van der Waals surface area contributed by atoms with Gasteiger partial charge in [0.05, 0.1) is 22.2 Å². The van der Waals surface area contributed by atoms with E-state index >= 15 is 0 Å². The SMILES string of the molecule is CC(N)(NC(=O)NC=O)C1CCCN(S(=O)(=O)c2ccc(Oc3ccc(C#N)cc3)cc2)CC1. The first-order valence-corrected chi connectivity index (χ1v) is 12.2. The van der Waals surface area contributed by atoms with Crippen molar-refractivity contribution < 1.29 is 22.7 Å². The lowest BCUT2D eigenvalue weighted by atomic mass is 9.88. The average Bonchev–Trinajstić information content (AvgIpc) is 3.07. The van der Waals surface area contributed by atoms with Crippen LogP contribution in [0.15, 0.2) is 53.4 Å². The molecule has 2 atom stereocenters. The fourth-order valence-electron chi connectivity index (χ4n) is 3.91. The van der Waals surface area contributed by atoms with Gasteiger partial charge in [-0.25, -0.2) is 13.2 Å². The maximum absolute atomic E-state index is 13.2. The highest BCUT2D eigenvalue weighted by atomic mass is 32.2. The quantitative estimate of drug-likeness (QED) is 0.401. The molecule has 2 aromatic rings.